The summed E-state index contributed by atoms with van der Waals surface area (Å²) in [6, 6.07) is 10.9. The number of amides is 2. The number of pyridine rings is 1. The van der Waals surface area contributed by atoms with Gasteiger partial charge in [-0.15, -0.1) is 0 Å². The molecule has 0 fully saturated rings. The fraction of sp³-hybridized carbons (Fsp3) is 0.265. The summed E-state index contributed by atoms with van der Waals surface area (Å²) in [5.41, 5.74) is 1.56. The maximum absolute atomic E-state index is 15.2. The number of aromatic nitrogens is 5. The lowest BCUT2D eigenvalue weighted by atomic mass is 9.98. The summed E-state index contributed by atoms with van der Waals surface area (Å²) in [4.78, 5) is 45.2. The number of carbonyl (C=O) groups is 1. The average Bonchev–Trinajstić information content (AvgIpc) is 3.46. The quantitative estimate of drug-likeness (QED) is 0.178. The molecule has 49 heavy (non-hydrogen) atoms. The molecule has 1 atom stereocenters. The first-order valence-electron chi connectivity index (χ1n) is 15.2. The number of halogens is 3. The molecule has 0 radical (unpaired) electrons. The number of fused-ring (bicyclic) bond motifs is 1. The van der Waals surface area contributed by atoms with Gasteiger partial charge in [0.2, 0.25) is 11.8 Å². The van der Waals surface area contributed by atoms with Gasteiger partial charge in [0.05, 0.1) is 42.1 Å². The predicted molar refractivity (Wildman–Crippen MR) is 187 cm³/mol. The number of methoxy groups -OCH3 is 2. The van der Waals surface area contributed by atoms with Gasteiger partial charge in [-0.05, 0) is 55.3 Å². The molecule has 2 amide bonds. The summed E-state index contributed by atoms with van der Waals surface area (Å²) in [6.45, 7) is 4.04. The van der Waals surface area contributed by atoms with Gasteiger partial charge >= 0.3 is 6.03 Å². The largest absolute Gasteiger partial charge is 0.497 e. The highest BCUT2D eigenvalue weighted by molar-refractivity contribution is 6.31. The number of anilines is 3. The van der Waals surface area contributed by atoms with Gasteiger partial charge in [-0.2, -0.15) is 4.98 Å². The van der Waals surface area contributed by atoms with E-state index in [9.17, 15) is 9.59 Å². The topological polar surface area (TPSA) is 120 Å². The van der Waals surface area contributed by atoms with Crippen LogP contribution in [0.2, 0.25) is 10.0 Å². The minimum atomic E-state index is -1.05. The fourth-order valence-electron chi connectivity index (χ4n) is 5.83. The van der Waals surface area contributed by atoms with E-state index in [-0.39, 0.29) is 40.0 Å². The number of ether oxygens (including phenoxy) is 2. The Hall–Kier alpha value is -5.14. The molecule has 0 saturated carbocycles. The molecule has 2 aromatic carbocycles. The zero-order chi connectivity index (χ0) is 35.1. The highest BCUT2D eigenvalue weighted by atomic mass is 35.5. The summed E-state index contributed by atoms with van der Waals surface area (Å²) in [5.74, 6) is 1.27. The maximum atomic E-state index is 15.2. The zero-order valence-electron chi connectivity index (χ0n) is 27.5. The van der Waals surface area contributed by atoms with E-state index in [4.69, 9.17) is 37.7 Å². The molecular weight excluding hydrogens is 674 g/mol. The van der Waals surface area contributed by atoms with Crippen LogP contribution in [0.25, 0.3) is 11.4 Å². The zero-order valence-corrected chi connectivity index (χ0v) is 29.0. The van der Waals surface area contributed by atoms with E-state index in [1.807, 2.05) is 44.6 Å². The third kappa shape index (κ3) is 6.27. The fourth-order valence-corrected chi connectivity index (χ4v) is 6.17. The van der Waals surface area contributed by atoms with Gasteiger partial charge in [-0.25, -0.2) is 19.2 Å². The van der Waals surface area contributed by atoms with Crippen LogP contribution >= 0.6 is 23.2 Å². The van der Waals surface area contributed by atoms with Crippen molar-refractivity contribution >= 4 is 46.7 Å². The number of nitrogens with one attached hydrogen (secondary N) is 1. The molecule has 0 bridgehead atoms. The van der Waals surface area contributed by atoms with Crippen LogP contribution in [-0.4, -0.2) is 58.4 Å². The van der Waals surface area contributed by atoms with Gasteiger partial charge < -0.3 is 23.5 Å². The Bertz CT molecular complexity index is 2120. The van der Waals surface area contributed by atoms with Crippen molar-refractivity contribution in [2.24, 2.45) is 0 Å². The minimum Gasteiger partial charge on any atom is -0.497 e. The van der Waals surface area contributed by atoms with Crippen LogP contribution in [0.4, 0.5) is 26.6 Å². The van der Waals surface area contributed by atoms with Gasteiger partial charge in [0.25, 0.3) is 5.56 Å². The number of carbonyl (C=O) groups excluding carboxylic acids is 1. The summed E-state index contributed by atoms with van der Waals surface area (Å²) in [7, 11) is 6.68. The molecule has 6 rings (SSSR count). The lowest BCUT2D eigenvalue weighted by Gasteiger charge is -2.37. The lowest BCUT2D eigenvalue weighted by molar-refractivity contribution is 0.254. The molecule has 254 valence electrons. The number of benzene rings is 2. The highest BCUT2D eigenvalue weighted by Gasteiger charge is 2.42. The number of hydrogen-bond donors (Lipinski definition) is 1. The Morgan fingerprint density at radius 1 is 1.02 bits per heavy atom. The lowest BCUT2D eigenvalue weighted by Crippen LogP contribution is -2.46. The third-order valence-electron chi connectivity index (χ3n) is 8.07. The second kappa shape index (κ2) is 13.4. The van der Waals surface area contributed by atoms with Crippen LogP contribution in [0, 0.1) is 5.82 Å². The summed E-state index contributed by atoms with van der Waals surface area (Å²) < 4.78 is 29.4. The van der Waals surface area contributed by atoms with Crippen LogP contribution in [0.5, 0.6) is 11.6 Å². The summed E-state index contributed by atoms with van der Waals surface area (Å²) in [6.07, 6.45) is 3.10. The highest BCUT2D eigenvalue weighted by Crippen LogP contribution is 2.45. The second-order valence-electron chi connectivity index (χ2n) is 11.8. The minimum absolute atomic E-state index is 0.0289. The van der Waals surface area contributed by atoms with Crippen molar-refractivity contribution in [2.75, 3.05) is 43.4 Å². The normalized spacial score (nSPS) is 14.1. The average molecular weight is 708 g/mol. The van der Waals surface area contributed by atoms with Crippen LogP contribution in [0.3, 0.4) is 0 Å². The SMILES string of the molecule is COc1ccc(Cn2cc(Cl)cc(N3C(=O)Nc4nc(-c5cnc(N(C)C)nc5OC)n(C(C)C)c4C3c3ccc(Cl)c(F)c3)c2=O)cc1. The molecule has 1 unspecified atom stereocenters. The molecule has 0 spiro atoms. The van der Waals surface area contributed by atoms with Crippen molar-refractivity contribution in [3.63, 3.8) is 0 Å². The molecule has 3 aromatic heterocycles. The molecule has 1 aliphatic rings. The Morgan fingerprint density at radius 2 is 1.76 bits per heavy atom. The number of rotatable bonds is 9. The van der Waals surface area contributed by atoms with Gasteiger partial charge in [0.1, 0.15) is 29.1 Å². The van der Waals surface area contributed by atoms with Crippen LogP contribution < -0.4 is 30.1 Å². The standard InChI is InChI=1S/C34H33Cl2FN8O4/c1-18(2)44-28-27(20-9-12-24(36)25(37)13-20)45(26-14-21(35)17-43(32(26)46)16-19-7-10-22(48-5)11-8-19)34(47)40-29(28)39-30(44)23-15-38-33(42(3)4)41-31(23)49-6/h7-15,17-18,27H,16H2,1-6H3,(H,40,47). The molecule has 1 aliphatic heterocycles. The van der Waals surface area contributed by atoms with Crippen LogP contribution in [-0.2, 0) is 6.54 Å². The van der Waals surface area contributed by atoms with E-state index < -0.39 is 23.4 Å². The molecule has 1 N–H and O–H groups in total. The van der Waals surface area contributed by atoms with E-state index in [2.05, 4.69) is 15.3 Å². The van der Waals surface area contributed by atoms with Crippen LogP contribution in [0.1, 0.15) is 42.8 Å². The predicted octanol–water partition coefficient (Wildman–Crippen LogP) is 6.80. The molecule has 4 heterocycles. The van der Waals surface area contributed by atoms with E-state index in [0.717, 1.165) is 5.56 Å². The number of imidazole rings is 1. The first kappa shape index (κ1) is 33.7. The van der Waals surface area contributed by atoms with Gasteiger partial charge in [0.15, 0.2) is 5.82 Å². The van der Waals surface area contributed by atoms with E-state index in [0.29, 0.717) is 34.3 Å². The Labute approximate surface area is 291 Å². The maximum Gasteiger partial charge on any atom is 0.328 e. The number of hydrogen-bond acceptors (Lipinski definition) is 8. The van der Waals surface area contributed by atoms with E-state index in [1.165, 1.54) is 41.0 Å². The van der Waals surface area contributed by atoms with E-state index >= 15 is 4.39 Å². The van der Waals surface area contributed by atoms with E-state index in [1.54, 1.807) is 36.4 Å². The summed E-state index contributed by atoms with van der Waals surface area (Å²) in [5, 5.41) is 2.97. The third-order valence-corrected chi connectivity index (χ3v) is 8.58. The molecule has 0 aliphatic carbocycles. The van der Waals surface area contributed by atoms with Crippen molar-refractivity contribution in [1.82, 2.24) is 24.1 Å². The Morgan fingerprint density at radius 3 is 2.39 bits per heavy atom. The Balaban J connectivity index is 1.58. The number of nitrogens with zero attached hydrogens (tertiary/aromatic N) is 7. The van der Waals surface area contributed by atoms with Crippen molar-refractivity contribution in [1.29, 1.82) is 0 Å². The van der Waals surface area contributed by atoms with Crippen molar-refractivity contribution in [3.05, 3.63) is 104 Å². The number of urea groups is 1. The molecular formula is C34H33Cl2FN8O4. The van der Waals surface area contributed by atoms with Crippen molar-refractivity contribution < 1.29 is 18.7 Å². The van der Waals surface area contributed by atoms with Crippen LogP contribution in [0.15, 0.2) is 65.7 Å². The molecule has 0 saturated heterocycles. The molecule has 5 aromatic rings. The molecule has 15 heteroatoms. The molecule has 12 nitrogen and oxygen atoms in total. The van der Waals surface area contributed by atoms with Gasteiger partial charge in [0, 0.05) is 32.5 Å². The van der Waals surface area contributed by atoms with Gasteiger partial charge in [-0.1, -0.05) is 41.4 Å². The monoisotopic (exact) mass is 706 g/mol. The van der Waals surface area contributed by atoms with Crippen molar-refractivity contribution in [2.45, 2.75) is 32.5 Å². The summed E-state index contributed by atoms with van der Waals surface area (Å²) >= 11 is 12.7. The second-order valence-corrected chi connectivity index (χ2v) is 12.7. The smallest absolute Gasteiger partial charge is 0.328 e. The first-order valence-corrected chi connectivity index (χ1v) is 16.0. The van der Waals surface area contributed by atoms with Gasteiger partial charge in [-0.3, -0.25) is 15.0 Å². The first-order chi connectivity index (χ1) is 23.4. The Kier molecular flexibility index (Phi) is 9.23. The van der Waals surface area contributed by atoms with Crippen molar-refractivity contribution in [3.8, 4) is 23.0 Å².